The monoisotopic (exact) mass is 292 g/mol. The van der Waals surface area contributed by atoms with Crippen LogP contribution in [-0.2, 0) is 24.7 Å². The summed E-state index contributed by atoms with van der Waals surface area (Å²) < 4.78 is 6.68. The van der Waals surface area contributed by atoms with Crippen molar-refractivity contribution < 1.29 is 9.53 Å². The van der Waals surface area contributed by atoms with Crippen molar-refractivity contribution in [3.63, 3.8) is 0 Å². The van der Waals surface area contributed by atoms with Gasteiger partial charge in [0.25, 0.3) is 0 Å². The van der Waals surface area contributed by atoms with Gasteiger partial charge in [0.15, 0.2) is 0 Å². The molecule has 4 nitrogen and oxygen atoms in total. The number of benzene rings is 1. The average Bonchev–Trinajstić information content (AvgIpc) is 2.66. The number of rotatable bonds is 5. The Labute approximate surface area is 123 Å². The SMILES string of the molecule is COc1ccc(CC(=O)Cc2c(C)nn(C)c2Cl)cc1. The molecule has 0 amide bonds. The van der Waals surface area contributed by atoms with Gasteiger partial charge in [0.05, 0.1) is 12.8 Å². The predicted molar refractivity (Wildman–Crippen MR) is 78.4 cm³/mol. The number of methoxy groups -OCH3 is 1. The van der Waals surface area contributed by atoms with E-state index < -0.39 is 0 Å². The number of ketones is 1. The Bertz CT molecular complexity index is 618. The van der Waals surface area contributed by atoms with Crippen molar-refractivity contribution in [1.29, 1.82) is 0 Å². The Morgan fingerprint density at radius 2 is 1.95 bits per heavy atom. The van der Waals surface area contributed by atoms with Crippen LogP contribution >= 0.6 is 11.6 Å². The Balaban J connectivity index is 2.05. The molecule has 5 heteroatoms. The topological polar surface area (TPSA) is 44.1 Å². The molecule has 0 unspecified atom stereocenters. The van der Waals surface area contributed by atoms with E-state index in [1.165, 1.54) is 0 Å². The van der Waals surface area contributed by atoms with E-state index in [0.717, 1.165) is 22.6 Å². The smallest absolute Gasteiger partial charge is 0.141 e. The van der Waals surface area contributed by atoms with Crippen molar-refractivity contribution in [2.75, 3.05) is 7.11 Å². The number of ether oxygens (including phenoxy) is 1. The highest BCUT2D eigenvalue weighted by Crippen LogP contribution is 2.20. The van der Waals surface area contributed by atoms with Crippen molar-refractivity contribution in [3.8, 4) is 5.75 Å². The molecule has 0 aliphatic carbocycles. The molecule has 20 heavy (non-hydrogen) atoms. The Kier molecular flexibility index (Phi) is 4.45. The summed E-state index contributed by atoms with van der Waals surface area (Å²) in [6, 6.07) is 7.50. The van der Waals surface area contributed by atoms with Crippen LogP contribution in [-0.4, -0.2) is 22.7 Å². The largest absolute Gasteiger partial charge is 0.497 e. The van der Waals surface area contributed by atoms with E-state index in [-0.39, 0.29) is 5.78 Å². The molecule has 0 atom stereocenters. The normalized spacial score (nSPS) is 10.6. The molecule has 0 N–H and O–H groups in total. The van der Waals surface area contributed by atoms with E-state index >= 15 is 0 Å². The lowest BCUT2D eigenvalue weighted by Crippen LogP contribution is -2.07. The molecule has 0 spiro atoms. The van der Waals surface area contributed by atoms with Gasteiger partial charge >= 0.3 is 0 Å². The number of carbonyl (C=O) groups is 1. The minimum atomic E-state index is 0.119. The van der Waals surface area contributed by atoms with Crippen LogP contribution in [0.4, 0.5) is 0 Å². The van der Waals surface area contributed by atoms with E-state index in [4.69, 9.17) is 16.3 Å². The van der Waals surface area contributed by atoms with Gasteiger partial charge in [-0.3, -0.25) is 9.48 Å². The number of aromatic nitrogens is 2. The van der Waals surface area contributed by atoms with Gasteiger partial charge in [-0.25, -0.2) is 0 Å². The van der Waals surface area contributed by atoms with Crippen LogP contribution in [0, 0.1) is 6.92 Å². The second-order valence-electron chi connectivity index (χ2n) is 4.72. The maximum Gasteiger partial charge on any atom is 0.141 e. The molecule has 106 valence electrons. The third-order valence-electron chi connectivity index (χ3n) is 3.20. The van der Waals surface area contributed by atoms with Crippen molar-refractivity contribution in [1.82, 2.24) is 9.78 Å². The molecule has 0 saturated carbocycles. The molecule has 0 saturated heterocycles. The van der Waals surface area contributed by atoms with E-state index in [9.17, 15) is 4.79 Å². The van der Waals surface area contributed by atoms with Crippen molar-refractivity contribution in [2.24, 2.45) is 7.05 Å². The summed E-state index contributed by atoms with van der Waals surface area (Å²) in [6.07, 6.45) is 0.694. The molecule has 1 heterocycles. The highest BCUT2D eigenvalue weighted by Gasteiger charge is 2.15. The van der Waals surface area contributed by atoms with Crippen LogP contribution < -0.4 is 4.74 Å². The lowest BCUT2D eigenvalue weighted by Gasteiger charge is -2.04. The maximum atomic E-state index is 12.1. The first-order chi connectivity index (χ1) is 9.51. The number of Topliss-reactive ketones (excluding diaryl/α,β-unsaturated/α-hetero) is 1. The molecule has 0 aliphatic heterocycles. The number of aryl methyl sites for hydroxylation is 2. The molecule has 1 aromatic heterocycles. The Hall–Kier alpha value is -1.81. The summed E-state index contributed by atoms with van der Waals surface area (Å²) in [5.41, 5.74) is 2.58. The first-order valence-corrected chi connectivity index (χ1v) is 6.71. The zero-order valence-corrected chi connectivity index (χ0v) is 12.6. The van der Waals surface area contributed by atoms with Crippen LogP contribution in [0.1, 0.15) is 16.8 Å². The van der Waals surface area contributed by atoms with Gasteiger partial charge in [-0.1, -0.05) is 23.7 Å². The zero-order chi connectivity index (χ0) is 14.7. The minimum Gasteiger partial charge on any atom is -0.497 e. The summed E-state index contributed by atoms with van der Waals surface area (Å²) in [5, 5.41) is 4.74. The second-order valence-corrected chi connectivity index (χ2v) is 5.08. The number of nitrogens with zero attached hydrogens (tertiary/aromatic N) is 2. The average molecular weight is 293 g/mol. The Morgan fingerprint density at radius 3 is 2.45 bits per heavy atom. The van der Waals surface area contributed by atoms with Crippen molar-refractivity contribution in [2.45, 2.75) is 19.8 Å². The first kappa shape index (κ1) is 14.6. The molecule has 2 aromatic rings. The number of hydrogen-bond donors (Lipinski definition) is 0. The molecule has 0 radical (unpaired) electrons. The summed E-state index contributed by atoms with van der Waals surface area (Å²) >= 11 is 6.13. The summed E-state index contributed by atoms with van der Waals surface area (Å²) in [4.78, 5) is 12.1. The van der Waals surface area contributed by atoms with Gasteiger partial charge in [-0.05, 0) is 24.6 Å². The van der Waals surface area contributed by atoms with E-state index in [1.807, 2.05) is 31.2 Å². The standard InChI is InChI=1S/C15H17ClN2O2/c1-10-14(15(16)18(2)17-10)9-12(19)8-11-4-6-13(20-3)7-5-11/h4-7H,8-9H2,1-3H3. The van der Waals surface area contributed by atoms with E-state index in [2.05, 4.69) is 5.10 Å². The summed E-state index contributed by atoms with van der Waals surface area (Å²) in [6.45, 7) is 1.86. The number of carbonyl (C=O) groups excluding carboxylic acids is 1. The fourth-order valence-electron chi connectivity index (χ4n) is 2.11. The molecule has 0 aliphatic rings. The van der Waals surface area contributed by atoms with Gasteiger partial charge in [-0.15, -0.1) is 0 Å². The molecule has 0 fully saturated rings. The van der Waals surface area contributed by atoms with Gasteiger partial charge in [0, 0.05) is 25.5 Å². The van der Waals surface area contributed by atoms with Crippen LogP contribution in [0.15, 0.2) is 24.3 Å². The quantitative estimate of drug-likeness (QED) is 0.851. The highest BCUT2D eigenvalue weighted by atomic mass is 35.5. The van der Waals surface area contributed by atoms with Gasteiger partial charge in [-0.2, -0.15) is 5.10 Å². The Morgan fingerprint density at radius 1 is 1.30 bits per heavy atom. The van der Waals surface area contributed by atoms with E-state index in [0.29, 0.717) is 18.0 Å². The minimum absolute atomic E-state index is 0.119. The fourth-order valence-corrected chi connectivity index (χ4v) is 2.35. The number of halogens is 1. The molecule has 1 aromatic carbocycles. The van der Waals surface area contributed by atoms with Crippen LogP contribution in [0.3, 0.4) is 0 Å². The van der Waals surface area contributed by atoms with Gasteiger partial charge < -0.3 is 4.74 Å². The molecule has 2 rings (SSSR count). The predicted octanol–water partition coefficient (Wildman–Crippen LogP) is 2.74. The van der Waals surface area contributed by atoms with Gasteiger partial charge in [0.2, 0.25) is 0 Å². The lowest BCUT2D eigenvalue weighted by atomic mass is 10.0. The maximum absolute atomic E-state index is 12.1. The number of hydrogen-bond acceptors (Lipinski definition) is 3. The fraction of sp³-hybridized carbons (Fsp3) is 0.333. The first-order valence-electron chi connectivity index (χ1n) is 6.34. The zero-order valence-electron chi connectivity index (χ0n) is 11.8. The van der Waals surface area contributed by atoms with Crippen molar-refractivity contribution >= 4 is 17.4 Å². The lowest BCUT2D eigenvalue weighted by molar-refractivity contribution is -0.117. The van der Waals surface area contributed by atoms with Gasteiger partial charge in [0.1, 0.15) is 16.7 Å². The van der Waals surface area contributed by atoms with Crippen LogP contribution in [0.25, 0.3) is 0 Å². The molecular weight excluding hydrogens is 276 g/mol. The van der Waals surface area contributed by atoms with Crippen molar-refractivity contribution in [3.05, 3.63) is 46.2 Å². The third kappa shape index (κ3) is 3.20. The second kappa shape index (κ2) is 6.09. The third-order valence-corrected chi connectivity index (χ3v) is 3.68. The molecular formula is C15H17ClN2O2. The molecule has 0 bridgehead atoms. The van der Waals surface area contributed by atoms with E-state index in [1.54, 1.807) is 18.8 Å². The van der Waals surface area contributed by atoms with Crippen LogP contribution in [0.5, 0.6) is 5.75 Å². The summed E-state index contributed by atoms with van der Waals surface area (Å²) in [7, 11) is 3.39. The van der Waals surface area contributed by atoms with Crippen LogP contribution in [0.2, 0.25) is 5.15 Å². The summed E-state index contributed by atoms with van der Waals surface area (Å²) in [5.74, 6) is 0.903. The highest BCUT2D eigenvalue weighted by molar-refractivity contribution is 6.30.